The smallest absolute Gasteiger partial charge is 0.00952 e. The number of piperidine rings is 1. The zero-order valence-electron chi connectivity index (χ0n) is 10.2. The van der Waals surface area contributed by atoms with E-state index in [4.69, 9.17) is 5.73 Å². The van der Waals surface area contributed by atoms with Gasteiger partial charge >= 0.3 is 0 Å². The van der Waals surface area contributed by atoms with Gasteiger partial charge in [0.15, 0.2) is 0 Å². The Labute approximate surface area is 88.8 Å². The molecule has 2 N–H and O–H groups in total. The fraction of sp³-hybridized carbons (Fsp3) is 1.00. The van der Waals surface area contributed by atoms with Crippen LogP contribution in [0.4, 0.5) is 0 Å². The molecule has 2 heteroatoms. The summed E-state index contributed by atoms with van der Waals surface area (Å²) in [4.78, 5) is 2.64. The van der Waals surface area contributed by atoms with Gasteiger partial charge in [-0.15, -0.1) is 0 Å². The maximum absolute atomic E-state index is 5.97. The molecule has 0 bridgehead atoms. The van der Waals surface area contributed by atoms with E-state index in [9.17, 15) is 0 Å². The third kappa shape index (κ3) is 2.71. The lowest BCUT2D eigenvalue weighted by molar-refractivity contribution is 0.0753. The van der Waals surface area contributed by atoms with Gasteiger partial charge in [0.1, 0.15) is 0 Å². The van der Waals surface area contributed by atoms with Crippen LogP contribution in [-0.4, -0.2) is 29.6 Å². The van der Waals surface area contributed by atoms with Gasteiger partial charge in [-0.1, -0.05) is 20.3 Å². The monoisotopic (exact) mass is 198 g/mol. The van der Waals surface area contributed by atoms with Crippen LogP contribution in [0.25, 0.3) is 0 Å². The van der Waals surface area contributed by atoms with Crippen LogP contribution in [0.5, 0.6) is 0 Å². The predicted octanol–water partition coefficient (Wildman–Crippen LogP) is 2.23. The number of hydrogen-bond acceptors (Lipinski definition) is 2. The van der Waals surface area contributed by atoms with E-state index < -0.39 is 0 Å². The van der Waals surface area contributed by atoms with E-state index in [-0.39, 0.29) is 0 Å². The van der Waals surface area contributed by atoms with Crippen molar-refractivity contribution in [3.05, 3.63) is 0 Å². The van der Waals surface area contributed by atoms with E-state index >= 15 is 0 Å². The van der Waals surface area contributed by atoms with E-state index in [1.54, 1.807) is 0 Å². The van der Waals surface area contributed by atoms with E-state index in [0.29, 0.717) is 18.1 Å². The molecule has 4 unspecified atom stereocenters. The topological polar surface area (TPSA) is 29.3 Å². The highest BCUT2D eigenvalue weighted by molar-refractivity contribution is 4.85. The molecule has 1 fully saturated rings. The van der Waals surface area contributed by atoms with Crippen molar-refractivity contribution < 1.29 is 0 Å². The molecule has 1 rings (SSSR count). The van der Waals surface area contributed by atoms with E-state index in [1.165, 1.54) is 25.8 Å². The van der Waals surface area contributed by atoms with Crippen molar-refractivity contribution in [3.63, 3.8) is 0 Å². The highest BCUT2D eigenvalue weighted by atomic mass is 15.2. The highest BCUT2D eigenvalue weighted by Gasteiger charge is 2.28. The molecule has 84 valence electrons. The van der Waals surface area contributed by atoms with Crippen molar-refractivity contribution in [1.82, 2.24) is 4.90 Å². The second-order valence-corrected chi connectivity index (χ2v) is 5.00. The van der Waals surface area contributed by atoms with E-state index in [1.807, 2.05) is 0 Å². The Bertz CT molecular complexity index is 170. The van der Waals surface area contributed by atoms with Crippen molar-refractivity contribution in [2.45, 2.75) is 65.1 Å². The number of nitrogens with two attached hydrogens (primary N) is 1. The predicted molar refractivity (Wildman–Crippen MR) is 62.3 cm³/mol. The number of nitrogens with zero attached hydrogens (tertiary/aromatic N) is 1. The van der Waals surface area contributed by atoms with Crippen LogP contribution in [0.2, 0.25) is 0 Å². The van der Waals surface area contributed by atoms with Gasteiger partial charge in [0.05, 0.1) is 0 Å². The summed E-state index contributed by atoms with van der Waals surface area (Å²) in [5.74, 6) is 0.798. The minimum absolute atomic E-state index is 0.436. The highest BCUT2D eigenvalue weighted by Crippen LogP contribution is 2.23. The van der Waals surface area contributed by atoms with Crippen molar-refractivity contribution >= 4 is 0 Å². The third-order valence-electron chi connectivity index (χ3n) is 3.96. The van der Waals surface area contributed by atoms with Gasteiger partial charge in [-0.2, -0.15) is 0 Å². The zero-order chi connectivity index (χ0) is 10.7. The molecule has 0 aromatic rings. The zero-order valence-corrected chi connectivity index (χ0v) is 10.2. The van der Waals surface area contributed by atoms with Crippen molar-refractivity contribution in [2.24, 2.45) is 11.7 Å². The largest absolute Gasteiger partial charge is 0.328 e. The van der Waals surface area contributed by atoms with Crippen LogP contribution < -0.4 is 5.73 Å². The van der Waals surface area contributed by atoms with Crippen LogP contribution in [0.15, 0.2) is 0 Å². The fourth-order valence-electron chi connectivity index (χ4n) is 2.50. The molecule has 1 saturated heterocycles. The van der Waals surface area contributed by atoms with Gasteiger partial charge in [0, 0.05) is 24.7 Å². The van der Waals surface area contributed by atoms with E-state index in [0.717, 1.165) is 5.92 Å². The van der Waals surface area contributed by atoms with Gasteiger partial charge < -0.3 is 5.73 Å². The van der Waals surface area contributed by atoms with Crippen LogP contribution in [0, 0.1) is 5.92 Å². The minimum atomic E-state index is 0.436. The number of hydrogen-bond donors (Lipinski definition) is 1. The summed E-state index contributed by atoms with van der Waals surface area (Å²) in [7, 11) is 0. The van der Waals surface area contributed by atoms with Crippen LogP contribution >= 0.6 is 0 Å². The Morgan fingerprint density at radius 1 is 1.43 bits per heavy atom. The minimum Gasteiger partial charge on any atom is -0.328 e. The molecule has 1 aliphatic rings. The van der Waals surface area contributed by atoms with Crippen LogP contribution in [0.3, 0.4) is 0 Å². The first-order chi connectivity index (χ1) is 6.56. The van der Waals surface area contributed by atoms with Crippen molar-refractivity contribution in [2.75, 3.05) is 6.54 Å². The van der Waals surface area contributed by atoms with Gasteiger partial charge in [-0.3, -0.25) is 4.90 Å². The lowest BCUT2D eigenvalue weighted by atomic mass is 9.92. The van der Waals surface area contributed by atoms with Gasteiger partial charge in [0.25, 0.3) is 0 Å². The van der Waals surface area contributed by atoms with E-state index in [2.05, 4.69) is 32.6 Å². The molecule has 0 aromatic carbocycles. The quantitative estimate of drug-likeness (QED) is 0.753. The molecular weight excluding hydrogens is 172 g/mol. The normalized spacial score (nSPS) is 34.1. The van der Waals surface area contributed by atoms with Gasteiger partial charge in [0.2, 0.25) is 0 Å². The van der Waals surface area contributed by atoms with Gasteiger partial charge in [-0.05, 0) is 32.6 Å². The Kier molecular flexibility index (Phi) is 4.39. The maximum atomic E-state index is 5.97. The Morgan fingerprint density at radius 3 is 2.57 bits per heavy atom. The molecule has 0 aromatic heterocycles. The summed E-state index contributed by atoms with van der Waals surface area (Å²) >= 11 is 0. The molecule has 2 nitrogen and oxygen atoms in total. The number of likely N-dealkylation sites (tertiary alicyclic amines) is 1. The molecule has 1 aliphatic heterocycles. The SMILES string of the molecule is CCC(C)C(C)N1CCC(N)CC1C. The molecule has 0 aliphatic carbocycles. The van der Waals surface area contributed by atoms with Crippen molar-refractivity contribution in [1.29, 1.82) is 0 Å². The second-order valence-electron chi connectivity index (χ2n) is 5.00. The lowest BCUT2D eigenvalue weighted by Gasteiger charge is -2.42. The Morgan fingerprint density at radius 2 is 2.07 bits per heavy atom. The summed E-state index contributed by atoms with van der Waals surface area (Å²) in [5, 5.41) is 0. The molecule has 4 atom stereocenters. The molecule has 0 radical (unpaired) electrons. The second kappa shape index (κ2) is 5.13. The molecular formula is C12H26N2. The third-order valence-corrected chi connectivity index (χ3v) is 3.96. The number of rotatable bonds is 3. The van der Waals surface area contributed by atoms with Crippen molar-refractivity contribution in [3.8, 4) is 0 Å². The molecule has 0 spiro atoms. The average Bonchev–Trinajstić information content (AvgIpc) is 2.15. The molecule has 14 heavy (non-hydrogen) atoms. The molecule has 0 saturated carbocycles. The lowest BCUT2D eigenvalue weighted by Crippen LogP contribution is -2.51. The Hall–Kier alpha value is -0.0800. The summed E-state index contributed by atoms with van der Waals surface area (Å²) in [6.45, 7) is 10.5. The molecule has 1 heterocycles. The molecule has 0 amide bonds. The fourth-order valence-corrected chi connectivity index (χ4v) is 2.50. The Balaban J connectivity index is 2.51. The summed E-state index contributed by atoms with van der Waals surface area (Å²) in [6.07, 6.45) is 3.61. The summed E-state index contributed by atoms with van der Waals surface area (Å²) < 4.78 is 0. The van der Waals surface area contributed by atoms with Crippen LogP contribution in [-0.2, 0) is 0 Å². The standard InChI is InChI=1S/C12H26N2/c1-5-9(2)11(4)14-7-6-12(13)8-10(14)3/h9-12H,5-8,13H2,1-4H3. The van der Waals surface area contributed by atoms with Gasteiger partial charge in [-0.25, -0.2) is 0 Å². The van der Waals surface area contributed by atoms with Crippen LogP contribution in [0.1, 0.15) is 47.0 Å². The maximum Gasteiger partial charge on any atom is 0.00952 e. The first-order valence-electron chi connectivity index (χ1n) is 6.07. The first kappa shape index (κ1) is 12.0. The first-order valence-corrected chi connectivity index (χ1v) is 6.07. The summed E-state index contributed by atoms with van der Waals surface area (Å²) in [5.41, 5.74) is 5.97. The summed E-state index contributed by atoms with van der Waals surface area (Å²) in [6, 6.07) is 1.82. The average molecular weight is 198 g/mol.